The van der Waals surface area contributed by atoms with Crippen molar-refractivity contribution in [1.82, 2.24) is 0 Å². The highest BCUT2D eigenvalue weighted by Crippen LogP contribution is 2.27. The van der Waals surface area contributed by atoms with Gasteiger partial charge in [-0.05, 0) is 24.6 Å². The zero-order chi connectivity index (χ0) is 12.3. The molecule has 1 fully saturated rings. The molecule has 1 heterocycles. The highest BCUT2D eigenvalue weighted by molar-refractivity contribution is 6.32. The van der Waals surface area contributed by atoms with Gasteiger partial charge in [0, 0.05) is 12.3 Å². The lowest BCUT2D eigenvalue weighted by molar-refractivity contribution is -0.119. The number of methoxy groups -OCH3 is 1. The Labute approximate surface area is 105 Å². The molecule has 5 heteroatoms. The molecule has 1 atom stereocenters. The molecule has 1 amide bonds. The van der Waals surface area contributed by atoms with Gasteiger partial charge < -0.3 is 14.8 Å². The monoisotopic (exact) mass is 255 g/mol. The Morgan fingerprint density at radius 1 is 1.59 bits per heavy atom. The zero-order valence-electron chi connectivity index (χ0n) is 9.53. The van der Waals surface area contributed by atoms with Crippen LogP contribution in [0.4, 0.5) is 5.69 Å². The van der Waals surface area contributed by atoms with Crippen molar-refractivity contribution in [3.63, 3.8) is 0 Å². The molecule has 1 aromatic carbocycles. The van der Waals surface area contributed by atoms with Gasteiger partial charge in [-0.25, -0.2) is 0 Å². The minimum absolute atomic E-state index is 0.0243. The Morgan fingerprint density at radius 3 is 3.00 bits per heavy atom. The molecule has 4 nitrogen and oxygen atoms in total. The van der Waals surface area contributed by atoms with Crippen LogP contribution < -0.4 is 10.1 Å². The molecule has 1 saturated heterocycles. The van der Waals surface area contributed by atoms with Crippen LogP contribution >= 0.6 is 11.6 Å². The van der Waals surface area contributed by atoms with Crippen LogP contribution in [0.1, 0.15) is 6.42 Å². The largest absolute Gasteiger partial charge is 0.495 e. The van der Waals surface area contributed by atoms with Gasteiger partial charge in [-0.2, -0.15) is 0 Å². The van der Waals surface area contributed by atoms with E-state index in [0.29, 0.717) is 29.7 Å². The maximum absolute atomic E-state index is 11.8. The number of benzene rings is 1. The summed E-state index contributed by atoms with van der Waals surface area (Å²) in [6.45, 7) is 1.15. The summed E-state index contributed by atoms with van der Waals surface area (Å²) in [5, 5.41) is 3.30. The third-order valence-corrected chi connectivity index (χ3v) is 3.02. The van der Waals surface area contributed by atoms with E-state index in [4.69, 9.17) is 21.1 Å². The summed E-state index contributed by atoms with van der Waals surface area (Å²) >= 11 is 5.97. The Morgan fingerprint density at radius 2 is 2.41 bits per heavy atom. The SMILES string of the molecule is COc1ccc(NC(=O)C2CCOC2)cc1Cl. The van der Waals surface area contributed by atoms with Crippen molar-refractivity contribution in [3.8, 4) is 5.75 Å². The van der Waals surface area contributed by atoms with Crippen LogP contribution in [-0.2, 0) is 9.53 Å². The molecule has 1 N–H and O–H groups in total. The Bertz CT molecular complexity index is 416. The van der Waals surface area contributed by atoms with Crippen LogP contribution in [-0.4, -0.2) is 26.2 Å². The number of halogens is 1. The molecule has 0 radical (unpaired) electrons. The first kappa shape index (κ1) is 12.2. The summed E-state index contributed by atoms with van der Waals surface area (Å²) in [4.78, 5) is 11.8. The van der Waals surface area contributed by atoms with E-state index in [9.17, 15) is 4.79 Å². The Kier molecular flexibility index (Phi) is 3.86. The number of nitrogens with one attached hydrogen (secondary N) is 1. The second kappa shape index (κ2) is 5.38. The topological polar surface area (TPSA) is 47.6 Å². The normalized spacial score (nSPS) is 19.1. The first-order chi connectivity index (χ1) is 8.20. The van der Waals surface area contributed by atoms with Gasteiger partial charge in [0.1, 0.15) is 5.75 Å². The molecular weight excluding hydrogens is 242 g/mol. The molecule has 1 aromatic rings. The van der Waals surface area contributed by atoms with Crippen LogP contribution in [0.2, 0.25) is 5.02 Å². The fourth-order valence-electron chi connectivity index (χ4n) is 1.73. The summed E-state index contributed by atoms with van der Waals surface area (Å²) < 4.78 is 10.2. The number of hydrogen-bond donors (Lipinski definition) is 1. The van der Waals surface area contributed by atoms with Gasteiger partial charge in [-0.15, -0.1) is 0 Å². The summed E-state index contributed by atoms with van der Waals surface area (Å²) in [5.74, 6) is 0.508. The van der Waals surface area contributed by atoms with E-state index in [1.165, 1.54) is 0 Å². The van der Waals surface area contributed by atoms with E-state index in [0.717, 1.165) is 6.42 Å². The predicted octanol–water partition coefficient (Wildman–Crippen LogP) is 2.32. The van der Waals surface area contributed by atoms with Gasteiger partial charge in [-0.3, -0.25) is 4.79 Å². The quantitative estimate of drug-likeness (QED) is 0.902. The van der Waals surface area contributed by atoms with E-state index in [-0.39, 0.29) is 11.8 Å². The first-order valence-corrected chi connectivity index (χ1v) is 5.80. The standard InChI is InChI=1S/C12H14ClNO3/c1-16-11-3-2-9(6-10(11)13)14-12(15)8-4-5-17-7-8/h2-3,6,8H,4-5,7H2,1H3,(H,14,15). The average molecular weight is 256 g/mol. The summed E-state index contributed by atoms with van der Waals surface area (Å²) in [6.07, 6.45) is 0.774. The van der Waals surface area contributed by atoms with Crippen LogP contribution in [0.3, 0.4) is 0 Å². The van der Waals surface area contributed by atoms with E-state index < -0.39 is 0 Å². The van der Waals surface area contributed by atoms with Crippen molar-refractivity contribution in [2.75, 3.05) is 25.6 Å². The minimum Gasteiger partial charge on any atom is -0.495 e. The minimum atomic E-state index is -0.0594. The second-order valence-electron chi connectivity index (χ2n) is 3.90. The third kappa shape index (κ3) is 2.90. The maximum Gasteiger partial charge on any atom is 0.229 e. The number of hydrogen-bond acceptors (Lipinski definition) is 3. The number of ether oxygens (including phenoxy) is 2. The molecule has 0 aliphatic carbocycles. The summed E-state index contributed by atoms with van der Waals surface area (Å²) in [5.41, 5.74) is 0.674. The number of amides is 1. The van der Waals surface area contributed by atoms with Gasteiger partial charge in [0.15, 0.2) is 0 Å². The van der Waals surface area contributed by atoms with Gasteiger partial charge in [0.2, 0.25) is 5.91 Å². The second-order valence-corrected chi connectivity index (χ2v) is 4.31. The smallest absolute Gasteiger partial charge is 0.229 e. The van der Waals surface area contributed by atoms with Crippen LogP contribution in [0.25, 0.3) is 0 Å². The van der Waals surface area contributed by atoms with Crippen LogP contribution in [0, 0.1) is 5.92 Å². The fraction of sp³-hybridized carbons (Fsp3) is 0.417. The number of carbonyl (C=O) groups is 1. The van der Waals surface area contributed by atoms with Gasteiger partial charge in [-0.1, -0.05) is 11.6 Å². The van der Waals surface area contributed by atoms with Gasteiger partial charge >= 0.3 is 0 Å². The fourth-order valence-corrected chi connectivity index (χ4v) is 1.99. The van der Waals surface area contributed by atoms with Crippen molar-refractivity contribution < 1.29 is 14.3 Å². The van der Waals surface area contributed by atoms with E-state index in [1.54, 1.807) is 25.3 Å². The first-order valence-electron chi connectivity index (χ1n) is 5.43. The lowest BCUT2D eigenvalue weighted by Gasteiger charge is -2.10. The van der Waals surface area contributed by atoms with Crippen molar-refractivity contribution in [1.29, 1.82) is 0 Å². The number of rotatable bonds is 3. The molecule has 1 aliphatic heterocycles. The van der Waals surface area contributed by atoms with E-state index >= 15 is 0 Å². The molecule has 17 heavy (non-hydrogen) atoms. The number of anilines is 1. The molecule has 1 unspecified atom stereocenters. The van der Waals surface area contributed by atoms with Gasteiger partial charge in [0.25, 0.3) is 0 Å². The van der Waals surface area contributed by atoms with Crippen LogP contribution in [0.5, 0.6) is 5.75 Å². The molecule has 92 valence electrons. The Balaban J connectivity index is 2.03. The molecule has 0 spiro atoms. The van der Waals surface area contributed by atoms with Crippen molar-refractivity contribution >= 4 is 23.2 Å². The highest BCUT2D eigenvalue weighted by Gasteiger charge is 2.23. The summed E-state index contributed by atoms with van der Waals surface area (Å²) in [6, 6.07) is 5.16. The van der Waals surface area contributed by atoms with Crippen molar-refractivity contribution in [2.24, 2.45) is 5.92 Å². The Hall–Kier alpha value is -1.26. The van der Waals surface area contributed by atoms with E-state index in [1.807, 2.05) is 0 Å². The highest BCUT2D eigenvalue weighted by atomic mass is 35.5. The average Bonchev–Trinajstić information content (AvgIpc) is 2.82. The van der Waals surface area contributed by atoms with Crippen molar-refractivity contribution in [2.45, 2.75) is 6.42 Å². The third-order valence-electron chi connectivity index (χ3n) is 2.72. The zero-order valence-corrected chi connectivity index (χ0v) is 10.3. The van der Waals surface area contributed by atoms with Crippen molar-refractivity contribution in [3.05, 3.63) is 23.2 Å². The molecular formula is C12H14ClNO3. The van der Waals surface area contributed by atoms with E-state index in [2.05, 4.69) is 5.32 Å². The molecule has 0 aromatic heterocycles. The molecule has 0 bridgehead atoms. The number of carbonyl (C=O) groups excluding carboxylic acids is 1. The van der Waals surface area contributed by atoms with Crippen LogP contribution in [0.15, 0.2) is 18.2 Å². The molecule has 0 saturated carbocycles. The maximum atomic E-state index is 11.8. The lowest BCUT2D eigenvalue weighted by Crippen LogP contribution is -2.22. The lowest BCUT2D eigenvalue weighted by atomic mass is 10.1. The predicted molar refractivity (Wildman–Crippen MR) is 65.6 cm³/mol. The summed E-state index contributed by atoms with van der Waals surface area (Å²) in [7, 11) is 1.55. The van der Waals surface area contributed by atoms with Gasteiger partial charge in [0.05, 0.1) is 24.7 Å². The molecule has 1 aliphatic rings. The molecule has 2 rings (SSSR count).